The lowest BCUT2D eigenvalue weighted by Gasteiger charge is -2.34. The highest BCUT2D eigenvalue weighted by Gasteiger charge is 2.22. The number of nitrogens with zero attached hydrogens (tertiary/aromatic N) is 2. The molecule has 1 fully saturated rings. The number of anilines is 1. The van der Waals surface area contributed by atoms with Crippen LogP contribution in [-0.2, 0) is 17.6 Å². The Balaban J connectivity index is 1.47. The molecule has 148 valence electrons. The fourth-order valence-electron chi connectivity index (χ4n) is 4.06. The highest BCUT2D eigenvalue weighted by atomic mass is 35.5. The molecule has 0 spiro atoms. The van der Waals surface area contributed by atoms with E-state index in [4.69, 9.17) is 22.1 Å². The SMILES string of the molecule is NC(=NCC(c1cccc(Cl)c1)N1CCOCC1)Nc1ccc2c(c1)CCC2. The van der Waals surface area contributed by atoms with E-state index in [0.29, 0.717) is 12.5 Å². The van der Waals surface area contributed by atoms with Crippen LogP contribution in [-0.4, -0.2) is 43.7 Å². The summed E-state index contributed by atoms with van der Waals surface area (Å²) in [4.78, 5) is 7.04. The van der Waals surface area contributed by atoms with Crippen LogP contribution in [0.1, 0.15) is 29.2 Å². The number of hydrogen-bond acceptors (Lipinski definition) is 3. The molecule has 1 saturated heterocycles. The summed E-state index contributed by atoms with van der Waals surface area (Å²) in [5.41, 5.74) is 11.2. The molecule has 2 aliphatic rings. The Labute approximate surface area is 171 Å². The summed E-state index contributed by atoms with van der Waals surface area (Å²) in [6.45, 7) is 3.81. The van der Waals surface area contributed by atoms with Gasteiger partial charge in [-0.3, -0.25) is 9.89 Å². The maximum absolute atomic E-state index is 6.23. The molecule has 3 N–H and O–H groups in total. The van der Waals surface area contributed by atoms with Crippen molar-refractivity contribution in [1.82, 2.24) is 4.90 Å². The van der Waals surface area contributed by atoms with Crippen molar-refractivity contribution in [2.45, 2.75) is 25.3 Å². The number of fused-ring (bicyclic) bond motifs is 1. The monoisotopic (exact) mass is 398 g/mol. The second kappa shape index (κ2) is 8.95. The number of aliphatic imine (C=N–C) groups is 1. The van der Waals surface area contributed by atoms with Crippen molar-refractivity contribution in [3.05, 3.63) is 64.2 Å². The molecule has 1 aliphatic carbocycles. The standard InChI is InChI=1S/C22H27ClN4O/c23-19-6-2-5-18(13-19)21(27-9-11-28-12-10-27)15-25-22(24)26-20-8-7-16-3-1-4-17(16)14-20/h2,5-8,13-14,21H,1,3-4,9-12,15H2,(H3,24,25,26). The Morgan fingerprint density at radius 3 is 2.79 bits per heavy atom. The number of ether oxygens (including phenoxy) is 1. The van der Waals surface area contributed by atoms with E-state index < -0.39 is 0 Å². The van der Waals surface area contributed by atoms with E-state index in [1.807, 2.05) is 18.2 Å². The van der Waals surface area contributed by atoms with Gasteiger partial charge in [0.05, 0.1) is 25.8 Å². The summed E-state index contributed by atoms with van der Waals surface area (Å²) in [6.07, 6.45) is 3.57. The predicted octanol–water partition coefficient (Wildman–Crippen LogP) is 3.63. The van der Waals surface area contributed by atoms with E-state index in [0.717, 1.165) is 49.0 Å². The first-order valence-corrected chi connectivity index (χ1v) is 10.3. The van der Waals surface area contributed by atoms with E-state index in [9.17, 15) is 0 Å². The zero-order valence-corrected chi connectivity index (χ0v) is 16.8. The van der Waals surface area contributed by atoms with Crippen LogP contribution in [0.5, 0.6) is 0 Å². The number of nitrogens with two attached hydrogens (primary N) is 1. The number of halogens is 1. The van der Waals surface area contributed by atoms with Crippen molar-refractivity contribution in [2.75, 3.05) is 38.2 Å². The van der Waals surface area contributed by atoms with Crippen LogP contribution in [0.3, 0.4) is 0 Å². The van der Waals surface area contributed by atoms with Gasteiger partial charge in [0.1, 0.15) is 0 Å². The number of aryl methyl sites for hydroxylation is 2. The minimum Gasteiger partial charge on any atom is -0.379 e. The number of guanidine groups is 1. The van der Waals surface area contributed by atoms with Crippen LogP contribution in [0, 0.1) is 0 Å². The Hall–Kier alpha value is -2.08. The molecule has 0 saturated carbocycles. The van der Waals surface area contributed by atoms with Gasteiger partial charge in [0.25, 0.3) is 0 Å². The predicted molar refractivity (Wildman–Crippen MR) is 115 cm³/mol. The molecule has 2 aromatic carbocycles. The van der Waals surface area contributed by atoms with Crippen molar-refractivity contribution in [1.29, 1.82) is 0 Å². The topological polar surface area (TPSA) is 62.9 Å². The summed E-state index contributed by atoms with van der Waals surface area (Å²) >= 11 is 6.23. The largest absolute Gasteiger partial charge is 0.379 e. The van der Waals surface area contributed by atoms with Gasteiger partial charge in [-0.2, -0.15) is 0 Å². The molecule has 0 amide bonds. The highest BCUT2D eigenvalue weighted by molar-refractivity contribution is 6.30. The number of morpholine rings is 1. The van der Waals surface area contributed by atoms with Gasteiger partial charge in [0.15, 0.2) is 5.96 Å². The molecule has 0 bridgehead atoms. The Morgan fingerprint density at radius 2 is 1.96 bits per heavy atom. The molecule has 1 aliphatic heterocycles. The summed E-state index contributed by atoms with van der Waals surface area (Å²) < 4.78 is 5.51. The first-order chi connectivity index (χ1) is 13.7. The molecule has 2 aromatic rings. The molecule has 1 heterocycles. The van der Waals surface area contributed by atoms with Crippen LogP contribution >= 0.6 is 11.6 Å². The molecule has 0 radical (unpaired) electrons. The maximum atomic E-state index is 6.23. The zero-order chi connectivity index (χ0) is 19.3. The van der Waals surface area contributed by atoms with Gasteiger partial charge in [-0.05, 0) is 60.2 Å². The van der Waals surface area contributed by atoms with Crippen LogP contribution in [0.25, 0.3) is 0 Å². The zero-order valence-electron chi connectivity index (χ0n) is 16.0. The normalized spacial score (nSPS) is 18.7. The number of rotatable bonds is 5. The molecular formula is C22H27ClN4O. The summed E-state index contributed by atoms with van der Waals surface area (Å²) in [5, 5.41) is 3.99. The fraction of sp³-hybridized carbons (Fsp3) is 0.409. The Kier molecular flexibility index (Phi) is 6.15. The van der Waals surface area contributed by atoms with E-state index >= 15 is 0 Å². The van der Waals surface area contributed by atoms with Crippen molar-refractivity contribution in [3.8, 4) is 0 Å². The lowest BCUT2D eigenvalue weighted by Crippen LogP contribution is -2.40. The van der Waals surface area contributed by atoms with E-state index in [1.54, 1.807) is 0 Å². The first kappa shape index (κ1) is 19.2. The number of benzene rings is 2. The minimum atomic E-state index is 0.128. The number of hydrogen-bond donors (Lipinski definition) is 2. The van der Waals surface area contributed by atoms with Crippen LogP contribution in [0.15, 0.2) is 47.5 Å². The summed E-state index contributed by atoms with van der Waals surface area (Å²) in [7, 11) is 0. The van der Waals surface area contributed by atoms with E-state index in [-0.39, 0.29) is 6.04 Å². The molecule has 5 nitrogen and oxygen atoms in total. The van der Waals surface area contributed by atoms with Gasteiger partial charge in [-0.15, -0.1) is 0 Å². The smallest absolute Gasteiger partial charge is 0.193 e. The third-order valence-corrected chi connectivity index (χ3v) is 5.76. The van der Waals surface area contributed by atoms with Crippen molar-refractivity contribution in [3.63, 3.8) is 0 Å². The van der Waals surface area contributed by atoms with Crippen molar-refractivity contribution >= 4 is 23.2 Å². The van der Waals surface area contributed by atoms with Crippen LogP contribution < -0.4 is 11.1 Å². The van der Waals surface area contributed by atoms with Gasteiger partial charge < -0.3 is 15.8 Å². The molecule has 1 atom stereocenters. The fourth-order valence-corrected chi connectivity index (χ4v) is 4.26. The molecule has 28 heavy (non-hydrogen) atoms. The van der Waals surface area contributed by atoms with Crippen LogP contribution in [0.2, 0.25) is 5.02 Å². The van der Waals surface area contributed by atoms with Crippen LogP contribution in [0.4, 0.5) is 5.69 Å². The van der Waals surface area contributed by atoms with E-state index in [1.165, 1.54) is 24.0 Å². The lowest BCUT2D eigenvalue weighted by atomic mass is 10.0. The van der Waals surface area contributed by atoms with E-state index in [2.05, 4.69) is 39.5 Å². The molecule has 4 rings (SSSR count). The summed E-state index contributed by atoms with van der Waals surface area (Å²) in [6, 6.07) is 14.6. The Bertz CT molecular complexity index is 848. The quantitative estimate of drug-likeness (QED) is 0.596. The third-order valence-electron chi connectivity index (χ3n) is 5.53. The molecule has 0 aromatic heterocycles. The van der Waals surface area contributed by atoms with Gasteiger partial charge in [0.2, 0.25) is 0 Å². The first-order valence-electron chi connectivity index (χ1n) is 9.95. The van der Waals surface area contributed by atoms with Gasteiger partial charge in [0, 0.05) is 23.8 Å². The molecule has 6 heteroatoms. The number of nitrogens with one attached hydrogen (secondary N) is 1. The summed E-state index contributed by atoms with van der Waals surface area (Å²) in [5.74, 6) is 0.443. The van der Waals surface area contributed by atoms with Crippen molar-refractivity contribution in [2.24, 2.45) is 10.7 Å². The Morgan fingerprint density at radius 1 is 1.14 bits per heavy atom. The second-order valence-corrected chi connectivity index (χ2v) is 7.84. The molecule has 1 unspecified atom stereocenters. The molecular weight excluding hydrogens is 372 g/mol. The average Bonchev–Trinajstić information content (AvgIpc) is 3.17. The van der Waals surface area contributed by atoms with Gasteiger partial charge in [-0.1, -0.05) is 29.8 Å². The lowest BCUT2D eigenvalue weighted by molar-refractivity contribution is 0.0180. The average molecular weight is 399 g/mol. The second-order valence-electron chi connectivity index (χ2n) is 7.41. The van der Waals surface area contributed by atoms with Gasteiger partial charge in [-0.25, -0.2) is 0 Å². The minimum absolute atomic E-state index is 0.128. The van der Waals surface area contributed by atoms with Gasteiger partial charge >= 0.3 is 0 Å². The van der Waals surface area contributed by atoms with Crippen molar-refractivity contribution < 1.29 is 4.74 Å². The third kappa shape index (κ3) is 4.66. The maximum Gasteiger partial charge on any atom is 0.193 e. The highest BCUT2D eigenvalue weighted by Crippen LogP contribution is 2.26.